The van der Waals surface area contributed by atoms with Crippen molar-refractivity contribution in [1.82, 2.24) is 0 Å². The quantitative estimate of drug-likeness (QED) is 0.555. The molecule has 9 heavy (non-hydrogen) atoms. The van der Waals surface area contributed by atoms with Gasteiger partial charge in [-0.1, -0.05) is 0 Å². The molecule has 0 spiro atoms. The van der Waals surface area contributed by atoms with E-state index in [2.05, 4.69) is 0 Å². The molecule has 0 unspecified atom stereocenters. The Morgan fingerprint density at radius 1 is 1.00 bits per heavy atom. The number of rotatable bonds is 0. The van der Waals surface area contributed by atoms with Gasteiger partial charge in [0, 0.05) is 0 Å². The number of benzene rings is 1. The third kappa shape index (κ3) is 0.791. The van der Waals surface area contributed by atoms with E-state index in [1.54, 1.807) is 0 Å². The van der Waals surface area contributed by atoms with Crippen molar-refractivity contribution in [2.75, 3.05) is 0 Å². The Hall–Kier alpha value is -0.637. The number of fused-ring (bicyclic) bond motifs is 1. The Balaban J connectivity index is 2.54. The Labute approximate surface area is 59.9 Å². The average Bonchev–Trinajstić information content (AvgIpc) is 2.33. The number of hydrogen-bond donors (Lipinski definition) is 0. The van der Waals surface area contributed by atoms with E-state index in [0.717, 1.165) is 11.5 Å². The van der Waals surface area contributed by atoms with E-state index >= 15 is 0 Å². The first-order valence-corrected chi connectivity index (χ1v) is 4.36. The average molecular weight is 181 g/mol. The molecule has 1 aromatic carbocycles. The Kier molecular flexibility index (Phi) is 1.12. The van der Waals surface area contributed by atoms with Crippen LogP contribution in [0, 0.1) is 0 Å². The molecule has 2 nitrogen and oxygen atoms in total. The predicted molar refractivity (Wildman–Crippen MR) is 33.5 cm³/mol. The maximum absolute atomic E-state index is 5.20. The molecule has 0 bridgehead atoms. The summed E-state index contributed by atoms with van der Waals surface area (Å²) in [6.07, 6.45) is 0. The Bertz CT molecular complexity index is 201. The molecule has 0 saturated carbocycles. The van der Waals surface area contributed by atoms with Gasteiger partial charge in [-0.05, 0) is 0 Å². The molecule has 1 aromatic rings. The van der Waals surface area contributed by atoms with Crippen molar-refractivity contribution in [2.45, 2.75) is 0 Å². The SMILES string of the molecule is c1ccc2c(c1)[O][Ge][O]2. The molecule has 0 fully saturated rings. The summed E-state index contributed by atoms with van der Waals surface area (Å²) in [5.41, 5.74) is 0. The van der Waals surface area contributed by atoms with Gasteiger partial charge in [-0.15, -0.1) is 0 Å². The molecular weight excluding hydrogens is 177 g/mol. The topological polar surface area (TPSA) is 18.5 Å². The number of hydrogen-bond acceptors (Lipinski definition) is 2. The van der Waals surface area contributed by atoms with Crippen LogP contribution in [0.4, 0.5) is 0 Å². The molecule has 1 aliphatic rings. The van der Waals surface area contributed by atoms with E-state index in [0.29, 0.717) is 0 Å². The van der Waals surface area contributed by atoms with Crippen LogP contribution in [0.3, 0.4) is 0 Å². The maximum atomic E-state index is 5.20. The van der Waals surface area contributed by atoms with Gasteiger partial charge >= 0.3 is 59.4 Å². The van der Waals surface area contributed by atoms with Gasteiger partial charge in [0.15, 0.2) is 0 Å². The molecule has 0 N–H and O–H groups in total. The van der Waals surface area contributed by atoms with Gasteiger partial charge in [-0.25, -0.2) is 0 Å². The second-order valence-corrected chi connectivity index (χ2v) is 2.94. The third-order valence-corrected chi connectivity index (χ3v) is 2.42. The summed E-state index contributed by atoms with van der Waals surface area (Å²) in [5, 5.41) is 0. The zero-order valence-electron chi connectivity index (χ0n) is 4.63. The van der Waals surface area contributed by atoms with Gasteiger partial charge in [-0.2, -0.15) is 0 Å². The summed E-state index contributed by atoms with van der Waals surface area (Å²) < 4.78 is 10.4. The fraction of sp³-hybridized carbons (Fsp3) is 0. The van der Waals surface area contributed by atoms with Gasteiger partial charge in [0.25, 0.3) is 0 Å². The van der Waals surface area contributed by atoms with Gasteiger partial charge in [0.2, 0.25) is 0 Å². The minimum atomic E-state index is -0.603. The second kappa shape index (κ2) is 1.95. The van der Waals surface area contributed by atoms with Crippen LogP contribution in [0.15, 0.2) is 24.3 Å². The van der Waals surface area contributed by atoms with Gasteiger partial charge < -0.3 is 0 Å². The molecule has 1 aliphatic heterocycles. The van der Waals surface area contributed by atoms with Crippen molar-refractivity contribution in [2.24, 2.45) is 0 Å². The van der Waals surface area contributed by atoms with Crippen LogP contribution < -0.4 is 7.53 Å². The van der Waals surface area contributed by atoms with Gasteiger partial charge in [0.1, 0.15) is 0 Å². The van der Waals surface area contributed by atoms with Crippen LogP contribution in [-0.4, -0.2) is 16.1 Å². The van der Waals surface area contributed by atoms with E-state index in [-0.39, 0.29) is 0 Å². The normalized spacial score (nSPS) is 13.8. The molecule has 0 aromatic heterocycles. The van der Waals surface area contributed by atoms with Gasteiger partial charge in [-0.3, -0.25) is 0 Å². The molecule has 3 heteroatoms. The van der Waals surface area contributed by atoms with E-state index in [9.17, 15) is 0 Å². The first-order chi connectivity index (χ1) is 4.47. The Morgan fingerprint density at radius 3 is 2.11 bits per heavy atom. The summed E-state index contributed by atoms with van der Waals surface area (Å²) >= 11 is -0.603. The molecule has 0 aliphatic carbocycles. The summed E-state index contributed by atoms with van der Waals surface area (Å²) in [4.78, 5) is 0. The van der Waals surface area contributed by atoms with Crippen LogP contribution in [0.25, 0.3) is 0 Å². The van der Waals surface area contributed by atoms with Crippen molar-refractivity contribution in [1.29, 1.82) is 0 Å². The summed E-state index contributed by atoms with van der Waals surface area (Å²) in [7, 11) is 0. The molecule has 0 amide bonds. The van der Waals surface area contributed by atoms with Crippen LogP contribution >= 0.6 is 0 Å². The fourth-order valence-corrected chi connectivity index (χ4v) is 1.90. The molecule has 1 heterocycles. The monoisotopic (exact) mass is 182 g/mol. The summed E-state index contributed by atoms with van der Waals surface area (Å²) in [6, 6.07) is 7.73. The van der Waals surface area contributed by atoms with E-state index in [1.165, 1.54) is 0 Å². The fourth-order valence-electron chi connectivity index (χ4n) is 0.729. The second-order valence-electron chi connectivity index (χ2n) is 1.73. The summed E-state index contributed by atoms with van der Waals surface area (Å²) in [5.74, 6) is 1.80. The van der Waals surface area contributed by atoms with Gasteiger partial charge in [0.05, 0.1) is 0 Å². The van der Waals surface area contributed by atoms with Crippen LogP contribution in [-0.2, 0) is 0 Å². The molecule has 44 valence electrons. The Morgan fingerprint density at radius 2 is 1.56 bits per heavy atom. The standard InChI is InChI=1S/C6H4GeO2/c1-2-4-6-5(3-1)8-7-9-6/h1-4H. The van der Waals surface area contributed by atoms with Crippen molar-refractivity contribution < 1.29 is 7.53 Å². The molecule has 0 atom stereocenters. The van der Waals surface area contributed by atoms with Crippen LogP contribution in [0.5, 0.6) is 11.5 Å². The first kappa shape index (κ1) is 5.17. The first-order valence-electron chi connectivity index (χ1n) is 2.64. The molecule has 2 radical (unpaired) electrons. The summed E-state index contributed by atoms with van der Waals surface area (Å²) in [6.45, 7) is 0. The van der Waals surface area contributed by atoms with Crippen LogP contribution in [0.1, 0.15) is 0 Å². The van der Waals surface area contributed by atoms with Crippen LogP contribution in [0.2, 0.25) is 0 Å². The minimum absolute atomic E-state index is 0.603. The predicted octanol–water partition coefficient (Wildman–Crippen LogP) is 0.992. The molecule has 0 saturated heterocycles. The van der Waals surface area contributed by atoms with E-state index in [1.807, 2.05) is 24.3 Å². The van der Waals surface area contributed by atoms with Crippen molar-refractivity contribution in [3.05, 3.63) is 24.3 Å². The molecule has 2 rings (SSSR count). The molecular formula is C6H4GeO2. The van der Waals surface area contributed by atoms with E-state index < -0.39 is 16.1 Å². The van der Waals surface area contributed by atoms with E-state index in [4.69, 9.17) is 7.53 Å². The zero-order chi connectivity index (χ0) is 6.10. The number of para-hydroxylation sites is 2. The van der Waals surface area contributed by atoms with Crippen molar-refractivity contribution in [3.63, 3.8) is 0 Å². The third-order valence-electron chi connectivity index (χ3n) is 1.15. The van der Waals surface area contributed by atoms with Crippen molar-refractivity contribution >= 4 is 16.1 Å². The van der Waals surface area contributed by atoms with Crippen molar-refractivity contribution in [3.8, 4) is 11.5 Å². The zero-order valence-corrected chi connectivity index (χ0v) is 6.72.